The number of benzene rings is 1. The zero-order valence-electron chi connectivity index (χ0n) is 8.51. The second-order valence-corrected chi connectivity index (χ2v) is 5.05. The molecule has 0 saturated carbocycles. The molecule has 0 amide bonds. The zero-order chi connectivity index (χ0) is 11.3. The molecule has 2 nitrogen and oxygen atoms in total. The minimum atomic E-state index is -0.321. The Morgan fingerprint density at radius 1 is 1.47 bits per heavy atom. The molecule has 4 heteroatoms. The molecule has 0 unspecified atom stereocenters. The summed E-state index contributed by atoms with van der Waals surface area (Å²) in [6.07, 6.45) is 0.936. The number of hydrogen-bond acceptors (Lipinski definition) is 2. The van der Waals surface area contributed by atoms with Crippen LogP contribution in [0.2, 0.25) is 0 Å². The number of halogens is 1. The summed E-state index contributed by atoms with van der Waals surface area (Å²) in [5, 5.41) is 0. The van der Waals surface area contributed by atoms with E-state index in [2.05, 4.69) is 0 Å². The third kappa shape index (κ3) is 3.85. The molecular weight excluding hydrogens is 301 g/mol. The topological polar surface area (TPSA) is 26.3 Å². The van der Waals surface area contributed by atoms with E-state index in [-0.39, 0.29) is 21.8 Å². The van der Waals surface area contributed by atoms with Gasteiger partial charge in [0.25, 0.3) is 0 Å². The molecule has 0 aromatic heterocycles. The summed E-state index contributed by atoms with van der Waals surface area (Å²) in [5.74, 6) is 0.783. The number of hydrogen-bond donors (Lipinski definition) is 0. The minimum absolute atomic E-state index is 0.116. The van der Waals surface area contributed by atoms with E-state index in [1.54, 1.807) is 12.1 Å². The quantitative estimate of drug-likeness (QED) is 0.631. The Bertz CT molecular complexity index is 375. The molecule has 0 N–H and O–H groups in total. The van der Waals surface area contributed by atoms with E-state index >= 15 is 0 Å². The molecule has 1 aromatic carbocycles. The Morgan fingerprint density at radius 2 is 2.20 bits per heavy atom. The SMILES string of the molecule is CC(C)Oc1ccc(C=O)cc1[CH]=[Ru][Cl]. The van der Waals surface area contributed by atoms with Crippen LogP contribution < -0.4 is 4.74 Å². The van der Waals surface area contributed by atoms with Gasteiger partial charge in [-0.2, -0.15) is 0 Å². The number of carbonyl (C=O) groups is 1. The average molecular weight is 313 g/mol. The number of rotatable bonds is 4. The van der Waals surface area contributed by atoms with E-state index in [1.165, 1.54) is 0 Å². The van der Waals surface area contributed by atoms with Crippen LogP contribution >= 0.6 is 9.69 Å². The van der Waals surface area contributed by atoms with Gasteiger partial charge in [-0.1, -0.05) is 0 Å². The first-order chi connectivity index (χ1) is 7.17. The van der Waals surface area contributed by atoms with Crippen molar-refractivity contribution in [1.82, 2.24) is 0 Å². The first-order valence-electron chi connectivity index (χ1n) is 4.48. The predicted octanol–water partition coefficient (Wildman–Crippen LogP) is 2.67. The fourth-order valence-electron chi connectivity index (χ4n) is 1.12. The molecule has 0 spiro atoms. The molecule has 0 bridgehead atoms. The molecule has 0 heterocycles. The molecule has 0 aliphatic heterocycles. The van der Waals surface area contributed by atoms with Crippen LogP contribution in [0, 0.1) is 0 Å². The van der Waals surface area contributed by atoms with Crippen LogP contribution in [-0.4, -0.2) is 17.0 Å². The molecule has 0 fully saturated rings. The summed E-state index contributed by atoms with van der Waals surface area (Å²) in [4.78, 5) is 10.6. The van der Waals surface area contributed by atoms with Gasteiger partial charge in [0, 0.05) is 0 Å². The van der Waals surface area contributed by atoms with Crippen LogP contribution in [0.4, 0.5) is 0 Å². The Hall–Kier alpha value is -0.527. The van der Waals surface area contributed by atoms with Crippen LogP contribution in [0.5, 0.6) is 5.75 Å². The van der Waals surface area contributed by atoms with Crippen molar-refractivity contribution in [3.63, 3.8) is 0 Å². The van der Waals surface area contributed by atoms with Gasteiger partial charge < -0.3 is 0 Å². The van der Waals surface area contributed by atoms with E-state index in [4.69, 9.17) is 14.4 Å². The van der Waals surface area contributed by atoms with E-state index in [0.29, 0.717) is 5.56 Å². The summed E-state index contributed by atoms with van der Waals surface area (Å²) >= 11 is -0.321. The fraction of sp³-hybridized carbons (Fsp3) is 0.273. The summed E-state index contributed by atoms with van der Waals surface area (Å²) in [5.41, 5.74) is 1.55. The number of ether oxygens (including phenoxy) is 1. The van der Waals surface area contributed by atoms with Crippen molar-refractivity contribution >= 4 is 20.6 Å². The molecule has 0 radical (unpaired) electrons. The van der Waals surface area contributed by atoms with Crippen molar-refractivity contribution in [1.29, 1.82) is 0 Å². The zero-order valence-corrected chi connectivity index (χ0v) is 11.0. The van der Waals surface area contributed by atoms with Crippen molar-refractivity contribution in [3.05, 3.63) is 29.3 Å². The maximum absolute atomic E-state index is 10.6. The van der Waals surface area contributed by atoms with Gasteiger partial charge in [0.05, 0.1) is 0 Å². The molecule has 0 atom stereocenters. The summed E-state index contributed by atoms with van der Waals surface area (Å²) < 4.78 is 7.52. The van der Waals surface area contributed by atoms with Crippen molar-refractivity contribution < 1.29 is 25.2 Å². The van der Waals surface area contributed by atoms with Gasteiger partial charge in [0.1, 0.15) is 0 Å². The Labute approximate surface area is 101 Å². The molecule has 0 aliphatic rings. The third-order valence-electron chi connectivity index (χ3n) is 1.68. The van der Waals surface area contributed by atoms with Crippen molar-refractivity contribution in [2.45, 2.75) is 20.0 Å². The molecule has 83 valence electrons. The Morgan fingerprint density at radius 3 is 2.73 bits per heavy atom. The molecule has 1 aromatic rings. The molecule has 0 saturated heterocycles. The van der Waals surface area contributed by atoms with Crippen LogP contribution in [-0.2, 0) is 15.7 Å². The standard InChI is InChI=1S/C11H12O2.ClH.Ru/c1-8(2)13-11-5-4-10(7-12)6-9(11)3;;/h3-8H,1-2H3;1H;/q;;+1/p-1. The van der Waals surface area contributed by atoms with Gasteiger partial charge >= 0.3 is 101 Å². The van der Waals surface area contributed by atoms with Gasteiger partial charge in [0.15, 0.2) is 0 Å². The van der Waals surface area contributed by atoms with Crippen LogP contribution in [0.3, 0.4) is 0 Å². The second-order valence-electron chi connectivity index (χ2n) is 3.26. The normalized spacial score (nSPS) is 11.5. The first kappa shape index (κ1) is 12.5. The molecule has 1 rings (SSSR count). The molecule has 15 heavy (non-hydrogen) atoms. The summed E-state index contributed by atoms with van der Waals surface area (Å²) in [6, 6.07) is 5.34. The van der Waals surface area contributed by atoms with E-state index in [1.807, 2.05) is 24.5 Å². The molecular formula is C11H12ClO2Ru. The van der Waals surface area contributed by atoms with E-state index in [0.717, 1.165) is 17.6 Å². The second kappa shape index (κ2) is 6.14. The first-order valence-corrected chi connectivity index (χ1v) is 7.72. The third-order valence-corrected chi connectivity index (χ3v) is 2.87. The molecule has 0 aliphatic carbocycles. The van der Waals surface area contributed by atoms with Crippen molar-refractivity contribution in [3.8, 4) is 5.75 Å². The van der Waals surface area contributed by atoms with E-state index < -0.39 is 0 Å². The number of aldehydes is 1. The van der Waals surface area contributed by atoms with Crippen molar-refractivity contribution in [2.75, 3.05) is 0 Å². The van der Waals surface area contributed by atoms with Gasteiger partial charge in [-0.3, -0.25) is 0 Å². The Balaban J connectivity index is 3.08. The van der Waals surface area contributed by atoms with Gasteiger partial charge in [-0.05, 0) is 0 Å². The Kier molecular flexibility index (Phi) is 5.14. The van der Waals surface area contributed by atoms with Gasteiger partial charge in [-0.15, -0.1) is 0 Å². The van der Waals surface area contributed by atoms with Crippen molar-refractivity contribution in [2.24, 2.45) is 0 Å². The van der Waals surface area contributed by atoms with E-state index in [9.17, 15) is 4.79 Å². The van der Waals surface area contributed by atoms with Crippen LogP contribution in [0.15, 0.2) is 18.2 Å². The average Bonchev–Trinajstić information content (AvgIpc) is 2.20. The summed E-state index contributed by atoms with van der Waals surface area (Å²) in [7, 11) is 5.73. The van der Waals surface area contributed by atoms with Gasteiger partial charge in [-0.25, -0.2) is 0 Å². The van der Waals surface area contributed by atoms with Crippen LogP contribution in [0.25, 0.3) is 0 Å². The number of carbonyl (C=O) groups excluding carboxylic acids is 1. The summed E-state index contributed by atoms with van der Waals surface area (Å²) in [6.45, 7) is 3.93. The fourth-order valence-corrected chi connectivity index (χ4v) is 2.21. The van der Waals surface area contributed by atoms with Gasteiger partial charge in [0.2, 0.25) is 0 Å². The maximum atomic E-state index is 10.6. The predicted molar refractivity (Wildman–Crippen MR) is 58.6 cm³/mol. The monoisotopic (exact) mass is 313 g/mol. The van der Waals surface area contributed by atoms with Crippen LogP contribution in [0.1, 0.15) is 29.8 Å².